The van der Waals surface area contributed by atoms with Gasteiger partial charge in [-0.2, -0.15) is 0 Å². The zero-order valence-corrected chi connectivity index (χ0v) is 18.7. The number of piperazine rings is 1. The van der Waals surface area contributed by atoms with E-state index >= 15 is 0 Å². The SMILES string of the molecule is O=C(CN1CCN(C2c3ccccc3-c3ccccc32)CC1)c1ccc2c(c1)OCCCO2. The van der Waals surface area contributed by atoms with Crippen LogP contribution in [0.5, 0.6) is 11.5 Å². The molecule has 5 nitrogen and oxygen atoms in total. The van der Waals surface area contributed by atoms with E-state index in [2.05, 4.69) is 58.3 Å². The molecule has 0 aromatic heterocycles. The smallest absolute Gasteiger partial charge is 0.176 e. The lowest BCUT2D eigenvalue weighted by molar-refractivity contribution is 0.0811. The van der Waals surface area contributed by atoms with Crippen molar-refractivity contribution < 1.29 is 14.3 Å². The molecule has 2 aliphatic heterocycles. The van der Waals surface area contributed by atoms with Crippen LogP contribution in [-0.2, 0) is 0 Å². The molecule has 1 saturated heterocycles. The predicted octanol–water partition coefficient (Wildman–Crippen LogP) is 4.42. The normalized spacial score (nSPS) is 18.4. The Balaban J connectivity index is 1.13. The highest BCUT2D eigenvalue weighted by atomic mass is 16.5. The number of Topliss-reactive ketones (excluding diaryl/α,β-unsaturated/α-hetero) is 1. The van der Waals surface area contributed by atoms with Crippen LogP contribution in [0, 0.1) is 0 Å². The molecular formula is C28H28N2O3. The van der Waals surface area contributed by atoms with Gasteiger partial charge in [0.15, 0.2) is 17.3 Å². The van der Waals surface area contributed by atoms with Crippen molar-refractivity contribution in [1.82, 2.24) is 9.80 Å². The van der Waals surface area contributed by atoms with Crippen LogP contribution in [0.2, 0.25) is 0 Å². The molecule has 2 heterocycles. The summed E-state index contributed by atoms with van der Waals surface area (Å²) < 4.78 is 11.5. The summed E-state index contributed by atoms with van der Waals surface area (Å²) in [4.78, 5) is 17.8. The fourth-order valence-electron chi connectivity index (χ4n) is 5.33. The third kappa shape index (κ3) is 3.81. The largest absolute Gasteiger partial charge is 0.490 e. The van der Waals surface area contributed by atoms with Gasteiger partial charge >= 0.3 is 0 Å². The highest BCUT2D eigenvalue weighted by Crippen LogP contribution is 2.46. The lowest BCUT2D eigenvalue weighted by atomic mass is 10.0. The Morgan fingerprint density at radius 1 is 0.788 bits per heavy atom. The quantitative estimate of drug-likeness (QED) is 0.562. The lowest BCUT2D eigenvalue weighted by Crippen LogP contribution is -2.48. The van der Waals surface area contributed by atoms with Gasteiger partial charge in [-0.1, -0.05) is 48.5 Å². The lowest BCUT2D eigenvalue weighted by Gasteiger charge is -2.38. The van der Waals surface area contributed by atoms with Gasteiger partial charge in [-0.05, 0) is 40.5 Å². The van der Waals surface area contributed by atoms with Gasteiger partial charge < -0.3 is 9.47 Å². The zero-order valence-electron chi connectivity index (χ0n) is 18.7. The van der Waals surface area contributed by atoms with Gasteiger partial charge in [0.25, 0.3) is 0 Å². The van der Waals surface area contributed by atoms with E-state index in [1.54, 1.807) is 0 Å². The Labute approximate surface area is 194 Å². The van der Waals surface area contributed by atoms with E-state index in [0.29, 0.717) is 37.1 Å². The monoisotopic (exact) mass is 440 g/mol. The average molecular weight is 441 g/mol. The second-order valence-electron chi connectivity index (χ2n) is 9.02. The van der Waals surface area contributed by atoms with Gasteiger partial charge in [0.05, 0.1) is 25.8 Å². The Kier molecular flexibility index (Phi) is 5.36. The van der Waals surface area contributed by atoms with E-state index in [-0.39, 0.29) is 5.78 Å². The topological polar surface area (TPSA) is 42.0 Å². The van der Waals surface area contributed by atoms with Gasteiger partial charge in [0.2, 0.25) is 0 Å². The van der Waals surface area contributed by atoms with Crippen LogP contribution in [0.3, 0.4) is 0 Å². The first-order valence-corrected chi connectivity index (χ1v) is 11.9. The second-order valence-corrected chi connectivity index (χ2v) is 9.02. The predicted molar refractivity (Wildman–Crippen MR) is 128 cm³/mol. The number of hydrogen-bond donors (Lipinski definition) is 0. The number of ketones is 1. The van der Waals surface area contributed by atoms with Crippen LogP contribution in [0.25, 0.3) is 11.1 Å². The second kappa shape index (κ2) is 8.65. The summed E-state index contributed by atoms with van der Waals surface area (Å²) in [5.41, 5.74) is 6.20. The van der Waals surface area contributed by atoms with Gasteiger partial charge in [-0.25, -0.2) is 0 Å². The third-order valence-corrected chi connectivity index (χ3v) is 7.01. The summed E-state index contributed by atoms with van der Waals surface area (Å²) in [6.07, 6.45) is 0.859. The molecule has 33 heavy (non-hydrogen) atoms. The molecule has 0 amide bonds. The number of nitrogens with zero attached hydrogens (tertiary/aromatic N) is 2. The van der Waals surface area contributed by atoms with E-state index in [1.807, 2.05) is 18.2 Å². The van der Waals surface area contributed by atoms with Gasteiger partial charge in [-0.3, -0.25) is 14.6 Å². The summed E-state index contributed by atoms with van der Waals surface area (Å²) in [6, 6.07) is 23.4. The van der Waals surface area contributed by atoms with Crippen LogP contribution in [-0.4, -0.2) is 61.5 Å². The minimum absolute atomic E-state index is 0.135. The van der Waals surface area contributed by atoms with Crippen LogP contribution in [0.4, 0.5) is 0 Å². The highest BCUT2D eigenvalue weighted by molar-refractivity contribution is 5.98. The van der Waals surface area contributed by atoms with Crippen molar-refractivity contribution in [3.05, 3.63) is 83.4 Å². The summed E-state index contributed by atoms with van der Waals surface area (Å²) in [5, 5.41) is 0. The number of carbonyl (C=O) groups is 1. The van der Waals surface area contributed by atoms with Crippen molar-refractivity contribution in [2.75, 3.05) is 45.9 Å². The molecule has 0 atom stereocenters. The van der Waals surface area contributed by atoms with Gasteiger partial charge in [-0.15, -0.1) is 0 Å². The fourth-order valence-corrected chi connectivity index (χ4v) is 5.33. The van der Waals surface area contributed by atoms with Gasteiger partial charge in [0.1, 0.15) is 0 Å². The summed E-state index contributed by atoms with van der Waals surface area (Å²) in [7, 11) is 0. The molecule has 0 unspecified atom stereocenters. The Morgan fingerprint density at radius 3 is 2.12 bits per heavy atom. The van der Waals surface area contributed by atoms with Crippen LogP contribution >= 0.6 is 0 Å². The number of benzene rings is 3. The molecule has 1 fully saturated rings. The maximum absolute atomic E-state index is 13.0. The fraction of sp³-hybridized carbons (Fsp3) is 0.321. The molecule has 3 aliphatic rings. The van der Waals surface area contributed by atoms with E-state index in [1.165, 1.54) is 22.3 Å². The van der Waals surface area contributed by atoms with Crippen LogP contribution < -0.4 is 9.47 Å². The molecule has 3 aromatic rings. The average Bonchev–Trinajstić information content (AvgIpc) is 3.01. The maximum atomic E-state index is 13.0. The molecule has 5 heteroatoms. The van der Waals surface area contributed by atoms with Crippen molar-refractivity contribution in [3.8, 4) is 22.6 Å². The highest BCUT2D eigenvalue weighted by Gasteiger charge is 2.34. The Hall–Kier alpha value is -3.15. The molecule has 3 aromatic carbocycles. The molecule has 1 aliphatic carbocycles. The summed E-state index contributed by atoms with van der Waals surface area (Å²) >= 11 is 0. The van der Waals surface area contributed by atoms with E-state index in [0.717, 1.165) is 38.3 Å². The van der Waals surface area contributed by atoms with E-state index < -0.39 is 0 Å². The zero-order chi connectivity index (χ0) is 22.2. The van der Waals surface area contributed by atoms with E-state index in [4.69, 9.17) is 9.47 Å². The first-order chi connectivity index (χ1) is 16.3. The number of rotatable bonds is 4. The van der Waals surface area contributed by atoms with Gasteiger partial charge in [0, 0.05) is 38.2 Å². The third-order valence-electron chi connectivity index (χ3n) is 7.01. The van der Waals surface area contributed by atoms with Crippen LogP contribution in [0.1, 0.15) is 33.9 Å². The van der Waals surface area contributed by atoms with E-state index in [9.17, 15) is 4.79 Å². The first-order valence-electron chi connectivity index (χ1n) is 11.9. The minimum Gasteiger partial charge on any atom is -0.490 e. The summed E-state index contributed by atoms with van der Waals surface area (Å²) in [5.74, 6) is 1.55. The van der Waals surface area contributed by atoms with Crippen molar-refractivity contribution >= 4 is 5.78 Å². The standard InChI is InChI=1S/C28H28N2O3/c31-25(20-10-11-26-27(18-20)33-17-5-16-32-26)19-29-12-14-30(15-13-29)28-23-8-3-1-6-21(23)22-7-2-4-9-24(22)28/h1-4,6-11,18,28H,5,12-17,19H2. The summed E-state index contributed by atoms with van der Waals surface area (Å²) in [6.45, 7) is 5.38. The van der Waals surface area contributed by atoms with Crippen molar-refractivity contribution in [3.63, 3.8) is 0 Å². The van der Waals surface area contributed by atoms with Crippen LogP contribution in [0.15, 0.2) is 66.7 Å². The first kappa shape index (κ1) is 20.5. The van der Waals surface area contributed by atoms with Crippen molar-refractivity contribution in [2.24, 2.45) is 0 Å². The Bertz CT molecular complexity index is 1140. The molecule has 0 radical (unpaired) electrons. The number of ether oxygens (including phenoxy) is 2. The number of hydrogen-bond acceptors (Lipinski definition) is 5. The maximum Gasteiger partial charge on any atom is 0.176 e. The minimum atomic E-state index is 0.135. The number of carbonyl (C=O) groups excluding carboxylic acids is 1. The molecule has 0 N–H and O–H groups in total. The molecule has 168 valence electrons. The molecule has 6 rings (SSSR count). The Morgan fingerprint density at radius 2 is 1.42 bits per heavy atom. The molecular weight excluding hydrogens is 412 g/mol. The molecule has 0 spiro atoms. The molecule has 0 bridgehead atoms. The molecule has 0 saturated carbocycles. The van der Waals surface area contributed by atoms with Crippen molar-refractivity contribution in [1.29, 1.82) is 0 Å². The van der Waals surface area contributed by atoms with Crippen molar-refractivity contribution in [2.45, 2.75) is 12.5 Å². The number of fused-ring (bicyclic) bond motifs is 4.